The van der Waals surface area contributed by atoms with E-state index >= 15 is 0 Å². The van der Waals surface area contributed by atoms with Crippen LogP contribution in [0.2, 0.25) is 0 Å². The number of carbonyl (C=O) groups is 2. The van der Waals surface area contributed by atoms with Crippen molar-refractivity contribution in [1.82, 2.24) is 5.32 Å². The van der Waals surface area contributed by atoms with E-state index in [1.807, 2.05) is 0 Å². The van der Waals surface area contributed by atoms with Crippen molar-refractivity contribution in [2.45, 2.75) is 0 Å². The summed E-state index contributed by atoms with van der Waals surface area (Å²) >= 11 is 0. The molecule has 0 fully saturated rings. The average Bonchev–Trinajstić information content (AvgIpc) is 2.70. The minimum absolute atomic E-state index is 0.340. The Morgan fingerprint density at radius 2 is 1.79 bits per heavy atom. The summed E-state index contributed by atoms with van der Waals surface area (Å²) in [5.41, 5.74) is 1.43. The van der Waals surface area contributed by atoms with E-state index in [1.54, 1.807) is 18.2 Å². The smallest absolute Gasteiger partial charge is 0.259 e. The average molecular weight is 187 g/mol. The third kappa shape index (κ3) is 0.771. The molecule has 0 atom stereocenters. The van der Waals surface area contributed by atoms with Gasteiger partial charge < -0.3 is 4.42 Å². The molecule has 0 saturated heterocycles. The van der Waals surface area contributed by atoms with Gasteiger partial charge >= 0.3 is 0 Å². The second-order valence-electron chi connectivity index (χ2n) is 3.14. The topological polar surface area (TPSA) is 59.3 Å². The van der Waals surface area contributed by atoms with Gasteiger partial charge in [0.2, 0.25) is 0 Å². The molecule has 68 valence electrons. The fraction of sp³-hybridized carbons (Fsp3) is 0. The summed E-state index contributed by atoms with van der Waals surface area (Å²) in [6.45, 7) is 0. The number of furan rings is 1. The van der Waals surface area contributed by atoms with Crippen LogP contribution < -0.4 is 5.32 Å². The van der Waals surface area contributed by atoms with E-state index in [1.165, 1.54) is 6.26 Å². The highest BCUT2D eigenvalue weighted by molar-refractivity contribution is 6.22. The summed E-state index contributed by atoms with van der Waals surface area (Å²) in [5, 5.41) is 3.05. The summed E-state index contributed by atoms with van der Waals surface area (Å²) in [4.78, 5) is 22.5. The minimum Gasteiger partial charge on any atom is -0.464 e. The van der Waals surface area contributed by atoms with Crippen LogP contribution in [0.4, 0.5) is 0 Å². The van der Waals surface area contributed by atoms with Gasteiger partial charge in [-0.25, -0.2) is 0 Å². The van der Waals surface area contributed by atoms with Gasteiger partial charge in [-0.2, -0.15) is 0 Å². The molecule has 4 nitrogen and oxygen atoms in total. The SMILES string of the molecule is O=C1NC(=O)c2cc3occc3cc21. The van der Waals surface area contributed by atoms with E-state index < -0.39 is 0 Å². The van der Waals surface area contributed by atoms with Crippen LogP contribution in [0.25, 0.3) is 11.0 Å². The summed E-state index contributed by atoms with van der Waals surface area (Å²) in [6, 6.07) is 5.00. The number of amides is 2. The normalized spacial score (nSPS) is 14.6. The van der Waals surface area contributed by atoms with E-state index in [4.69, 9.17) is 4.42 Å². The molecule has 14 heavy (non-hydrogen) atoms. The third-order valence-corrected chi connectivity index (χ3v) is 2.31. The van der Waals surface area contributed by atoms with Crippen LogP contribution in [0.15, 0.2) is 28.9 Å². The fourth-order valence-electron chi connectivity index (χ4n) is 1.62. The lowest BCUT2D eigenvalue weighted by molar-refractivity contribution is 0.0879. The van der Waals surface area contributed by atoms with E-state index in [0.29, 0.717) is 16.7 Å². The number of hydrogen-bond acceptors (Lipinski definition) is 3. The number of rotatable bonds is 0. The summed E-state index contributed by atoms with van der Waals surface area (Å²) < 4.78 is 5.14. The van der Waals surface area contributed by atoms with Gasteiger partial charge in [-0.3, -0.25) is 14.9 Å². The molecule has 2 aromatic rings. The molecule has 2 heterocycles. The lowest BCUT2D eigenvalue weighted by Crippen LogP contribution is -2.19. The van der Waals surface area contributed by atoms with Crippen molar-refractivity contribution in [3.05, 3.63) is 35.6 Å². The molecule has 0 aliphatic carbocycles. The van der Waals surface area contributed by atoms with Crippen molar-refractivity contribution >= 4 is 22.8 Å². The van der Waals surface area contributed by atoms with E-state index in [2.05, 4.69) is 5.32 Å². The highest BCUT2D eigenvalue weighted by atomic mass is 16.3. The maximum Gasteiger partial charge on any atom is 0.259 e. The van der Waals surface area contributed by atoms with Gasteiger partial charge in [-0.05, 0) is 18.2 Å². The molecule has 1 aromatic heterocycles. The quantitative estimate of drug-likeness (QED) is 0.632. The molecule has 1 N–H and O–H groups in total. The Balaban J connectivity index is 2.43. The highest BCUT2D eigenvalue weighted by Gasteiger charge is 2.27. The van der Waals surface area contributed by atoms with Crippen molar-refractivity contribution < 1.29 is 14.0 Å². The molecule has 1 aliphatic heterocycles. The number of carbonyl (C=O) groups excluding carboxylic acids is 2. The van der Waals surface area contributed by atoms with Crippen LogP contribution in [-0.2, 0) is 0 Å². The molecule has 2 amide bonds. The van der Waals surface area contributed by atoms with Gasteiger partial charge in [-0.15, -0.1) is 0 Å². The predicted molar refractivity (Wildman–Crippen MR) is 48.0 cm³/mol. The monoisotopic (exact) mass is 187 g/mol. The summed E-state index contributed by atoms with van der Waals surface area (Å²) in [7, 11) is 0. The second kappa shape index (κ2) is 2.23. The lowest BCUT2D eigenvalue weighted by atomic mass is 10.1. The first-order valence-corrected chi connectivity index (χ1v) is 4.12. The van der Waals surface area contributed by atoms with Crippen molar-refractivity contribution in [3.63, 3.8) is 0 Å². The molecule has 0 saturated carbocycles. The van der Waals surface area contributed by atoms with Crippen LogP contribution in [0.1, 0.15) is 20.7 Å². The van der Waals surface area contributed by atoms with Crippen LogP contribution in [0, 0.1) is 0 Å². The van der Waals surface area contributed by atoms with Gasteiger partial charge in [0.1, 0.15) is 5.58 Å². The number of imide groups is 1. The van der Waals surface area contributed by atoms with Crippen molar-refractivity contribution in [2.24, 2.45) is 0 Å². The Hall–Kier alpha value is -2.10. The largest absolute Gasteiger partial charge is 0.464 e. The minimum atomic E-state index is -0.358. The standard InChI is InChI=1S/C10H5NO3/c12-9-6-3-5-1-2-14-8(5)4-7(6)10(13)11-9/h1-4H,(H,11,12,13). The number of hydrogen-bond donors (Lipinski definition) is 1. The second-order valence-corrected chi connectivity index (χ2v) is 3.14. The van der Waals surface area contributed by atoms with Crippen LogP contribution in [-0.4, -0.2) is 11.8 Å². The molecule has 1 aliphatic rings. The Bertz CT molecular complexity index is 520. The molecule has 0 bridgehead atoms. The maximum atomic E-state index is 11.3. The summed E-state index contributed by atoms with van der Waals surface area (Å²) in [6.07, 6.45) is 1.53. The van der Waals surface area contributed by atoms with Gasteiger partial charge in [0.15, 0.2) is 0 Å². The van der Waals surface area contributed by atoms with Gasteiger partial charge in [0, 0.05) is 5.39 Å². The fourth-order valence-corrected chi connectivity index (χ4v) is 1.62. The van der Waals surface area contributed by atoms with Crippen molar-refractivity contribution in [3.8, 4) is 0 Å². The number of fused-ring (bicyclic) bond motifs is 2. The highest BCUT2D eigenvalue weighted by Crippen LogP contribution is 2.23. The van der Waals surface area contributed by atoms with Crippen molar-refractivity contribution in [2.75, 3.05) is 0 Å². The van der Waals surface area contributed by atoms with E-state index in [-0.39, 0.29) is 11.8 Å². The van der Waals surface area contributed by atoms with Gasteiger partial charge in [0.25, 0.3) is 11.8 Å². The summed E-state index contributed by atoms with van der Waals surface area (Å²) in [5.74, 6) is -0.698. The van der Waals surface area contributed by atoms with E-state index in [9.17, 15) is 9.59 Å². The zero-order chi connectivity index (χ0) is 9.71. The Labute approximate surface area is 78.5 Å². The Kier molecular flexibility index (Phi) is 1.16. The molecule has 1 aromatic carbocycles. The lowest BCUT2D eigenvalue weighted by Gasteiger charge is -1.93. The molecule has 4 heteroatoms. The first-order valence-electron chi connectivity index (χ1n) is 4.12. The molecule has 3 rings (SSSR count). The van der Waals surface area contributed by atoms with Crippen LogP contribution in [0.5, 0.6) is 0 Å². The van der Waals surface area contributed by atoms with Crippen molar-refractivity contribution in [1.29, 1.82) is 0 Å². The maximum absolute atomic E-state index is 11.3. The van der Waals surface area contributed by atoms with Crippen LogP contribution in [0.3, 0.4) is 0 Å². The predicted octanol–water partition coefficient (Wildman–Crippen LogP) is 1.32. The molecule has 0 radical (unpaired) electrons. The van der Waals surface area contributed by atoms with E-state index in [0.717, 1.165) is 5.39 Å². The zero-order valence-corrected chi connectivity index (χ0v) is 7.03. The first kappa shape index (κ1) is 7.32. The molecular formula is C10H5NO3. The van der Waals surface area contributed by atoms with Crippen LogP contribution >= 0.6 is 0 Å². The van der Waals surface area contributed by atoms with Gasteiger partial charge in [-0.1, -0.05) is 0 Å². The zero-order valence-electron chi connectivity index (χ0n) is 7.03. The Morgan fingerprint density at radius 3 is 2.57 bits per heavy atom. The Morgan fingerprint density at radius 1 is 1.07 bits per heavy atom. The number of benzene rings is 1. The molecule has 0 unspecified atom stereocenters. The van der Waals surface area contributed by atoms with Gasteiger partial charge in [0.05, 0.1) is 17.4 Å². The third-order valence-electron chi connectivity index (χ3n) is 2.31. The molecule has 0 spiro atoms. The number of nitrogens with one attached hydrogen (secondary N) is 1. The first-order chi connectivity index (χ1) is 6.75. The molecular weight excluding hydrogens is 182 g/mol.